The number of carbonyl (C=O) groups is 1. The second kappa shape index (κ2) is 5.63. The topological polar surface area (TPSA) is 41.1 Å². The molecule has 0 bridgehead atoms. The second-order valence-corrected chi connectivity index (χ2v) is 5.59. The Bertz CT molecular complexity index is 630. The molecule has 2 N–H and O–H groups in total. The molecule has 2 aromatic rings. The average molecular weight is 268 g/mol. The number of benzene rings is 2. The van der Waals surface area contributed by atoms with E-state index in [2.05, 4.69) is 54.0 Å². The summed E-state index contributed by atoms with van der Waals surface area (Å²) in [6.45, 7) is 4.47. The number of aryl methyl sites for hydroxylation is 1. The third kappa shape index (κ3) is 2.83. The number of hydrogen-bond acceptors (Lipinski definition) is 2. The van der Waals surface area contributed by atoms with E-state index < -0.39 is 0 Å². The summed E-state index contributed by atoms with van der Waals surface area (Å²) >= 11 is 0. The minimum absolute atomic E-state index is 0.137. The van der Waals surface area contributed by atoms with Crippen molar-refractivity contribution >= 4 is 16.7 Å². The Morgan fingerprint density at radius 2 is 2.05 bits per heavy atom. The smallest absolute Gasteiger partial charge is 0.224 e. The zero-order valence-corrected chi connectivity index (χ0v) is 11.8. The van der Waals surface area contributed by atoms with E-state index in [1.54, 1.807) is 0 Å². The summed E-state index contributed by atoms with van der Waals surface area (Å²) in [6, 6.07) is 12.8. The Labute approximate surface area is 119 Å². The van der Waals surface area contributed by atoms with Gasteiger partial charge in [-0.25, -0.2) is 0 Å². The molecule has 1 saturated heterocycles. The van der Waals surface area contributed by atoms with Crippen molar-refractivity contribution < 1.29 is 4.79 Å². The maximum absolute atomic E-state index is 12.0. The number of fused-ring (bicyclic) bond motifs is 1. The first-order chi connectivity index (χ1) is 9.72. The fourth-order valence-corrected chi connectivity index (χ4v) is 2.74. The van der Waals surface area contributed by atoms with Gasteiger partial charge in [0.05, 0.1) is 5.92 Å². The van der Waals surface area contributed by atoms with E-state index in [4.69, 9.17) is 0 Å². The predicted molar refractivity (Wildman–Crippen MR) is 81.5 cm³/mol. The molecule has 1 aliphatic heterocycles. The highest BCUT2D eigenvalue weighted by molar-refractivity contribution is 5.84. The van der Waals surface area contributed by atoms with Gasteiger partial charge in [0.15, 0.2) is 0 Å². The van der Waals surface area contributed by atoms with Crippen LogP contribution in [0.25, 0.3) is 10.8 Å². The highest BCUT2D eigenvalue weighted by Crippen LogP contribution is 2.18. The Kier molecular flexibility index (Phi) is 3.70. The van der Waals surface area contributed by atoms with Gasteiger partial charge >= 0.3 is 0 Å². The van der Waals surface area contributed by atoms with Crippen LogP contribution >= 0.6 is 0 Å². The third-order valence-electron chi connectivity index (χ3n) is 3.96. The van der Waals surface area contributed by atoms with Crippen molar-refractivity contribution in [2.75, 3.05) is 13.1 Å². The SMILES string of the molecule is Cc1ccc2cc(CNC(=O)C3CCNC3)ccc2c1. The number of nitrogens with one attached hydrogen (secondary N) is 2. The first kappa shape index (κ1) is 13.1. The molecule has 3 nitrogen and oxygen atoms in total. The molecule has 104 valence electrons. The molecule has 0 radical (unpaired) electrons. The van der Waals surface area contributed by atoms with E-state index in [0.29, 0.717) is 6.54 Å². The van der Waals surface area contributed by atoms with Crippen LogP contribution in [0.2, 0.25) is 0 Å². The summed E-state index contributed by atoms with van der Waals surface area (Å²) in [6.07, 6.45) is 0.947. The molecule has 1 aliphatic rings. The summed E-state index contributed by atoms with van der Waals surface area (Å²) in [5.74, 6) is 0.303. The maximum Gasteiger partial charge on any atom is 0.224 e. The monoisotopic (exact) mass is 268 g/mol. The largest absolute Gasteiger partial charge is 0.352 e. The minimum Gasteiger partial charge on any atom is -0.352 e. The standard InChI is InChI=1S/C17H20N2O/c1-12-2-4-15-9-13(3-5-14(15)8-12)10-19-17(20)16-6-7-18-11-16/h2-5,8-9,16,18H,6-7,10-11H2,1H3,(H,19,20). The van der Waals surface area contributed by atoms with Gasteiger partial charge in [-0.1, -0.05) is 35.9 Å². The predicted octanol–water partition coefficient (Wildman–Crippen LogP) is 2.37. The summed E-state index contributed by atoms with van der Waals surface area (Å²) < 4.78 is 0. The summed E-state index contributed by atoms with van der Waals surface area (Å²) in [5.41, 5.74) is 2.42. The zero-order chi connectivity index (χ0) is 13.9. The normalized spacial score (nSPS) is 18.4. The van der Waals surface area contributed by atoms with Crippen molar-refractivity contribution in [3.05, 3.63) is 47.5 Å². The Hall–Kier alpha value is -1.87. The van der Waals surface area contributed by atoms with Crippen molar-refractivity contribution in [2.45, 2.75) is 19.9 Å². The van der Waals surface area contributed by atoms with Crippen molar-refractivity contribution in [1.29, 1.82) is 0 Å². The van der Waals surface area contributed by atoms with Gasteiger partial charge in [-0.05, 0) is 42.3 Å². The molecule has 1 atom stereocenters. The molecule has 1 unspecified atom stereocenters. The first-order valence-corrected chi connectivity index (χ1v) is 7.20. The molecule has 0 aliphatic carbocycles. The van der Waals surface area contributed by atoms with Crippen molar-refractivity contribution in [1.82, 2.24) is 10.6 Å². The van der Waals surface area contributed by atoms with Gasteiger partial charge in [0.2, 0.25) is 5.91 Å². The molecule has 3 heteroatoms. The summed E-state index contributed by atoms with van der Waals surface area (Å²) in [7, 11) is 0. The summed E-state index contributed by atoms with van der Waals surface area (Å²) in [5, 5.41) is 8.73. The van der Waals surface area contributed by atoms with Gasteiger partial charge in [0, 0.05) is 13.1 Å². The third-order valence-corrected chi connectivity index (χ3v) is 3.96. The van der Waals surface area contributed by atoms with E-state index in [1.165, 1.54) is 16.3 Å². The number of hydrogen-bond donors (Lipinski definition) is 2. The van der Waals surface area contributed by atoms with Crippen molar-refractivity contribution in [2.24, 2.45) is 5.92 Å². The van der Waals surface area contributed by atoms with Crippen LogP contribution in [-0.2, 0) is 11.3 Å². The number of rotatable bonds is 3. The fourth-order valence-electron chi connectivity index (χ4n) is 2.74. The van der Waals surface area contributed by atoms with E-state index in [-0.39, 0.29) is 11.8 Å². The van der Waals surface area contributed by atoms with Gasteiger partial charge < -0.3 is 10.6 Å². The highest BCUT2D eigenvalue weighted by Gasteiger charge is 2.21. The first-order valence-electron chi connectivity index (χ1n) is 7.20. The quantitative estimate of drug-likeness (QED) is 0.897. The van der Waals surface area contributed by atoms with E-state index >= 15 is 0 Å². The van der Waals surface area contributed by atoms with E-state index in [1.807, 2.05) is 0 Å². The molecule has 1 fully saturated rings. The molecular weight excluding hydrogens is 248 g/mol. The lowest BCUT2D eigenvalue weighted by atomic mass is 10.0. The average Bonchev–Trinajstić information content (AvgIpc) is 2.99. The zero-order valence-electron chi connectivity index (χ0n) is 11.8. The fraction of sp³-hybridized carbons (Fsp3) is 0.353. The summed E-state index contributed by atoms with van der Waals surface area (Å²) in [4.78, 5) is 12.0. The Balaban J connectivity index is 1.68. The highest BCUT2D eigenvalue weighted by atomic mass is 16.1. The molecule has 1 amide bonds. The van der Waals surface area contributed by atoms with Crippen molar-refractivity contribution in [3.63, 3.8) is 0 Å². The van der Waals surface area contributed by atoms with Gasteiger partial charge in [0.1, 0.15) is 0 Å². The van der Waals surface area contributed by atoms with Gasteiger partial charge in [-0.15, -0.1) is 0 Å². The van der Waals surface area contributed by atoms with Crippen LogP contribution in [0.4, 0.5) is 0 Å². The van der Waals surface area contributed by atoms with Gasteiger partial charge in [-0.3, -0.25) is 4.79 Å². The molecule has 0 aromatic heterocycles. The molecular formula is C17H20N2O. The Morgan fingerprint density at radius 3 is 2.85 bits per heavy atom. The molecule has 20 heavy (non-hydrogen) atoms. The van der Waals surface area contributed by atoms with E-state index in [9.17, 15) is 4.79 Å². The Morgan fingerprint density at radius 1 is 1.25 bits per heavy atom. The molecule has 0 spiro atoms. The molecule has 3 rings (SSSR count). The maximum atomic E-state index is 12.0. The molecule has 0 saturated carbocycles. The second-order valence-electron chi connectivity index (χ2n) is 5.59. The molecule has 1 heterocycles. The van der Waals surface area contributed by atoms with Crippen LogP contribution in [0.3, 0.4) is 0 Å². The van der Waals surface area contributed by atoms with Gasteiger partial charge in [-0.2, -0.15) is 0 Å². The van der Waals surface area contributed by atoms with Crippen LogP contribution < -0.4 is 10.6 Å². The number of carbonyl (C=O) groups excluding carboxylic acids is 1. The molecule has 2 aromatic carbocycles. The lowest BCUT2D eigenvalue weighted by Crippen LogP contribution is -2.31. The van der Waals surface area contributed by atoms with Crippen LogP contribution in [0.1, 0.15) is 17.5 Å². The van der Waals surface area contributed by atoms with Crippen LogP contribution in [0, 0.1) is 12.8 Å². The van der Waals surface area contributed by atoms with Crippen molar-refractivity contribution in [3.8, 4) is 0 Å². The lowest BCUT2D eigenvalue weighted by molar-refractivity contribution is -0.124. The minimum atomic E-state index is 0.137. The lowest BCUT2D eigenvalue weighted by Gasteiger charge is -2.10. The van der Waals surface area contributed by atoms with Crippen LogP contribution in [0.5, 0.6) is 0 Å². The number of amides is 1. The van der Waals surface area contributed by atoms with Crippen LogP contribution in [-0.4, -0.2) is 19.0 Å². The van der Waals surface area contributed by atoms with Gasteiger partial charge in [0.25, 0.3) is 0 Å². The van der Waals surface area contributed by atoms with E-state index in [0.717, 1.165) is 25.1 Å². The van der Waals surface area contributed by atoms with Crippen LogP contribution in [0.15, 0.2) is 36.4 Å².